The molecule has 0 bridgehead atoms. The predicted molar refractivity (Wildman–Crippen MR) is 70.2 cm³/mol. The molecule has 96 valence electrons. The molecule has 3 rings (SSSR count). The zero-order chi connectivity index (χ0) is 12.8. The molecule has 2 aromatic rings. The first-order chi connectivity index (χ1) is 8.64. The van der Waals surface area contributed by atoms with E-state index in [0.29, 0.717) is 0 Å². The Bertz CT molecular complexity index is 582. The van der Waals surface area contributed by atoms with Gasteiger partial charge in [0.15, 0.2) is 0 Å². The Hall–Kier alpha value is -1.42. The van der Waals surface area contributed by atoms with Crippen molar-refractivity contribution in [2.75, 3.05) is 13.1 Å². The van der Waals surface area contributed by atoms with E-state index in [1.165, 1.54) is 6.07 Å². The highest BCUT2D eigenvalue weighted by atomic mass is 19.1. The second-order valence-corrected chi connectivity index (χ2v) is 5.30. The Morgan fingerprint density at radius 1 is 1.50 bits per heavy atom. The minimum atomic E-state index is -0.196. The van der Waals surface area contributed by atoms with E-state index in [-0.39, 0.29) is 11.2 Å². The summed E-state index contributed by atoms with van der Waals surface area (Å²) in [5.74, 6) is 0.883. The van der Waals surface area contributed by atoms with Crippen molar-refractivity contribution in [1.82, 2.24) is 14.9 Å². The first-order valence-electron chi connectivity index (χ1n) is 6.51. The lowest BCUT2D eigenvalue weighted by atomic mass is 9.89. The molecule has 1 saturated heterocycles. The molecule has 4 heteroatoms. The summed E-state index contributed by atoms with van der Waals surface area (Å²) in [7, 11) is 0. The molecule has 3 nitrogen and oxygen atoms in total. The van der Waals surface area contributed by atoms with Crippen LogP contribution < -0.4 is 5.32 Å². The lowest BCUT2D eigenvalue weighted by Gasteiger charge is -2.23. The number of aryl methyl sites for hydroxylation is 1. The first kappa shape index (κ1) is 11.7. The van der Waals surface area contributed by atoms with Crippen LogP contribution >= 0.6 is 0 Å². The Kier molecular flexibility index (Phi) is 2.63. The molecule has 0 spiro atoms. The first-order valence-corrected chi connectivity index (χ1v) is 6.51. The highest BCUT2D eigenvalue weighted by Crippen LogP contribution is 2.32. The van der Waals surface area contributed by atoms with Gasteiger partial charge in [-0.15, -0.1) is 0 Å². The van der Waals surface area contributed by atoms with Gasteiger partial charge in [0.25, 0.3) is 0 Å². The third-order valence-corrected chi connectivity index (χ3v) is 3.94. The summed E-state index contributed by atoms with van der Waals surface area (Å²) < 4.78 is 15.5. The summed E-state index contributed by atoms with van der Waals surface area (Å²) in [6.45, 7) is 7.11. The molecule has 0 aliphatic carbocycles. The van der Waals surface area contributed by atoms with Crippen LogP contribution in [0.4, 0.5) is 4.39 Å². The van der Waals surface area contributed by atoms with Crippen LogP contribution in [-0.2, 0) is 12.0 Å². The van der Waals surface area contributed by atoms with Gasteiger partial charge in [0, 0.05) is 18.5 Å². The molecule has 0 saturated carbocycles. The van der Waals surface area contributed by atoms with Gasteiger partial charge in [0.05, 0.1) is 11.0 Å². The van der Waals surface area contributed by atoms with Gasteiger partial charge in [0.1, 0.15) is 11.6 Å². The number of imidazole rings is 1. The van der Waals surface area contributed by atoms with Gasteiger partial charge in [-0.05, 0) is 38.1 Å². The summed E-state index contributed by atoms with van der Waals surface area (Å²) in [6, 6.07) is 4.83. The number of benzene rings is 1. The van der Waals surface area contributed by atoms with Crippen molar-refractivity contribution in [3.63, 3.8) is 0 Å². The molecule has 1 aliphatic rings. The van der Waals surface area contributed by atoms with E-state index in [2.05, 4.69) is 23.7 Å². The Balaban J connectivity index is 2.23. The second kappa shape index (κ2) is 4.05. The summed E-state index contributed by atoms with van der Waals surface area (Å²) in [6.07, 6.45) is 1.08. The van der Waals surface area contributed by atoms with Gasteiger partial charge in [0.2, 0.25) is 0 Å². The normalized spacial score (nSPS) is 23.9. The van der Waals surface area contributed by atoms with E-state index in [4.69, 9.17) is 4.98 Å². The van der Waals surface area contributed by atoms with Gasteiger partial charge in [-0.1, -0.05) is 6.92 Å². The molecule has 18 heavy (non-hydrogen) atoms. The van der Waals surface area contributed by atoms with Gasteiger partial charge < -0.3 is 9.88 Å². The molecule has 0 radical (unpaired) electrons. The fraction of sp³-hybridized carbons (Fsp3) is 0.500. The van der Waals surface area contributed by atoms with Crippen molar-refractivity contribution in [3.8, 4) is 0 Å². The summed E-state index contributed by atoms with van der Waals surface area (Å²) >= 11 is 0. The van der Waals surface area contributed by atoms with Crippen molar-refractivity contribution < 1.29 is 4.39 Å². The van der Waals surface area contributed by atoms with E-state index in [1.807, 2.05) is 0 Å². The molecular formula is C14H18FN3. The maximum absolute atomic E-state index is 13.4. The van der Waals surface area contributed by atoms with Crippen LogP contribution in [0.15, 0.2) is 18.2 Å². The third kappa shape index (κ3) is 1.63. The zero-order valence-corrected chi connectivity index (χ0v) is 10.8. The molecular weight excluding hydrogens is 229 g/mol. The minimum absolute atomic E-state index is 0.0610. The molecule has 1 unspecified atom stereocenters. The number of aromatic nitrogens is 2. The number of nitrogens with one attached hydrogen (secondary N) is 1. The van der Waals surface area contributed by atoms with E-state index in [9.17, 15) is 4.39 Å². The molecule has 1 aromatic carbocycles. The maximum Gasteiger partial charge on any atom is 0.125 e. The predicted octanol–water partition coefficient (Wildman–Crippen LogP) is 2.45. The van der Waals surface area contributed by atoms with Crippen molar-refractivity contribution in [2.45, 2.75) is 32.2 Å². The van der Waals surface area contributed by atoms with Crippen LogP contribution in [0.5, 0.6) is 0 Å². The van der Waals surface area contributed by atoms with Gasteiger partial charge in [-0.2, -0.15) is 0 Å². The van der Waals surface area contributed by atoms with Gasteiger partial charge >= 0.3 is 0 Å². The van der Waals surface area contributed by atoms with E-state index >= 15 is 0 Å². The summed E-state index contributed by atoms with van der Waals surface area (Å²) in [5.41, 5.74) is 1.85. The lowest BCUT2D eigenvalue weighted by Crippen LogP contribution is -2.29. The lowest BCUT2D eigenvalue weighted by molar-refractivity contribution is 0.465. The van der Waals surface area contributed by atoms with Crippen molar-refractivity contribution >= 4 is 11.0 Å². The van der Waals surface area contributed by atoms with Crippen molar-refractivity contribution in [1.29, 1.82) is 0 Å². The number of nitrogens with zero attached hydrogens (tertiary/aromatic N) is 2. The third-order valence-electron chi connectivity index (χ3n) is 3.94. The zero-order valence-electron chi connectivity index (χ0n) is 10.8. The molecule has 2 heterocycles. The smallest absolute Gasteiger partial charge is 0.125 e. The largest absolute Gasteiger partial charge is 0.328 e. The molecule has 0 amide bonds. The highest BCUT2D eigenvalue weighted by molar-refractivity contribution is 5.76. The topological polar surface area (TPSA) is 29.9 Å². The SMILES string of the molecule is CCn1c(C2(C)CCNC2)nc2ccc(F)cc21. The number of hydrogen-bond donors (Lipinski definition) is 1. The average molecular weight is 247 g/mol. The van der Waals surface area contributed by atoms with Crippen molar-refractivity contribution in [2.24, 2.45) is 0 Å². The number of halogens is 1. The molecule has 1 aliphatic heterocycles. The van der Waals surface area contributed by atoms with Crippen LogP contribution in [0, 0.1) is 5.82 Å². The fourth-order valence-corrected chi connectivity index (χ4v) is 2.88. The van der Waals surface area contributed by atoms with Crippen LogP contribution in [0.25, 0.3) is 11.0 Å². The standard InChI is InChI=1S/C14H18FN3/c1-3-18-12-8-10(15)4-5-11(12)17-13(18)14(2)6-7-16-9-14/h4-5,8,16H,3,6-7,9H2,1-2H3. The Morgan fingerprint density at radius 3 is 3.00 bits per heavy atom. The van der Waals surface area contributed by atoms with Crippen LogP contribution in [0.2, 0.25) is 0 Å². The monoisotopic (exact) mass is 247 g/mol. The van der Waals surface area contributed by atoms with E-state index < -0.39 is 0 Å². The molecule has 1 atom stereocenters. The summed E-state index contributed by atoms with van der Waals surface area (Å²) in [4.78, 5) is 4.73. The van der Waals surface area contributed by atoms with E-state index in [0.717, 1.165) is 42.9 Å². The van der Waals surface area contributed by atoms with Gasteiger partial charge in [-0.25, -0.2) is 9.37 Å². The van der Waals surface area contributed by atoms with E-state index in [1.54, 1.807) is 12.1 Å². The maximum atomic E-state index is 13.4. The van der Waals surface area contributed by atoms with Gasteiger partial charge in [-0.3, -0.25) is 0 Å². The molecule has 1 aromatic heterocycles. The second-order valence-electron chi connectivity index (χ2n) is 5.30. The van der Waals surface area contributed by atoms with Crippen LogP contribution in [-0.4, -0.2) is 22.6 Å². The number of hydrogen-bond acceptors (Lipinski definition) is 2. The Labute approximate surface area is 106 Å². The minimum Gasteiger partial charge on any atom is -0.328 e. The van der Waals surface area contributed by atoms with Crippen LogP contribution in [0.1, 0.15) is 26.1 Å². The molecule has 1 N–H and O–H groups in total. The van der Waals surface area contributed by atoms with Crippen molar-refractivity contribution in [3.05, 3.63) is 29.8 Å². The quantitative estimate of drug-likeness (QED) is 0.883. The molecule has 1 fully saturated rings. The fourth-order valence-electron chi connectivity index (χ4n) is 2.88. The average Bonchev–Trinajstić information content (AvgIpc) is 2.93. The highest BCUT2D eigenvalue weighted by Gasteiger charge is 2.35. The summed E-state index contributed by atoms with van der Waals surface area (Å²) in [5, 5.41) is 3.39. The van der Waals surface area contributed by atoms with Crippen LogP contribution in [0.3, 0.4) is 0 Å². The number of fused-ring (bicyclic) bond motifs is 1. The number of rotatable bonds is 2. The Morgan fingerprint density at radius 2 is 2.33 bits per heavy atom.